The SMILES string of the molecule is CCCNC(=O)O.OCCc1ccccc1Cl. The summed E-state index contributed by atoms with van der Waals surface area (Å²) in [6.45, 7) is 2.62. The van der Waals surface area contributed by atoms with Crippen LogP contribution in [0.25, 0.3) is 0 Å². The second kappa shape index (κ2) is 9.93. The first-order chi connectivity index (χ1) is 8.11. The highest BCUT2D eigenvalue weighted by Crippen LogP contribution is 2.14. The van der Waals surface area contributed by atoms with Crippen LogP contribution in [0.1, 0.15) is 18.9 Å². The molecule has 4 nitrogen and oxygen atoms in total. The van der Waals surface area contributed by atoms with E-state index in [0.717, 1.165) is 17.0 Å². The largest absolute Gasteiger partial charge is 0.465 e. The van der Waals surface area contributed by atoms with Crippen LogP contribution < -0.4 is 5.32 Å². The molecular formula is C12H18ClNO3. The number of benzene rings is 1. The van der Waals surface area contributed by atoms with Crippen molar-refractivity contribution in [3.63, 3.8) is 0 Å². The predicted octanol–water partition coefficient (Wildman–Crippen LogP) is 2.54. The molecule has 0 unspecified atom stereocenters. The summed E-state index contributed by atoms with van der Waals surface area (Å²) >= 11 is 5.79. The number of rotatable bonds is 4. The third kappa shape index (κ3) is 8.54. The van der Waals surface area contributed by atoms with Crippen LogP contribution in [0.3, 0.4) is 0 Å². The molecule has 0 heterocycles. The van der Waals surface area contributed by atoms with E-state index in [1.807, 2.05) is 31.2 Å². The molecule has 1 amide bonds. The maximum Gasteiger partial charge on any atom is 0.404 e. The first-order valence-corrected chi connectivity index (χ1v) is 5.80. The molecule has 0 aliphatic heterocycles. The van der Waals surface area contributed by atoms with Gasteiger partial charge in [0.1, 0.15) is 0 Å². The summed E-state index contributed by atoms with van der Waals surface area (Å²) in [4.78, 5) is 9.65. The Labute approximate surface area is 106 Å². The minimum absolute atomic E-state index is 0.156. The second-order valence-electron chi connectivity index (χ2n) is 3.30. The average Bonchev–Trinajstić information content (AvgIpc) is 2.30. The summed E-state index contributed by atoms with van der Waals surface area (Å²) < 4.78 is 0. The van der Waals surface area contributed by atoms with Gasteiger partial charge in [0.2, 0.25) is 0 Å². The highest BCUT2D eigenvalue weighted by molar-refractivity contribution is 6.31. The Kier molecular flexibility index (Phi) is 9.19. The summed E-state index contributed by atoms with van der Waals surface area (Å²) in [6, 6.07) is 7.53. The number of amides is 1. The van der Waals surface area contributed by atoms with E-state index in [2.05, 4.69) is 5.32 Å². The highest BCUT2D eigenvalue weighted by Gasteiger charge is 1.95. The molecule has 1 aromatic rings. The average molecular weight is 260 g/mol. The van der Waals surface area contributed by atoms with Crippen molar-refractivity contribution in [2.75, 3.05) is 13.2 Å². The number of halogens is 1. The predicted molar refractivity (Wildman–Crippen MR) is 68.6 cm³/mol. The Morgan fingerprint density at radius 3 is 2.47 bits per heavy atom. The van der Waals surface area contributed by atoms with E-state index in [9.17, 15) is 4.79 Å². The van der Waals surface area contributed by atoms with Gasteiger partial charge in [-0.3, -0.25) is 0 Å². The standard InChI is InChI=1S/C8H9ClO.C4H9NO2/c9-8-4-2-1-3-7(8)5-6-10;1-2-3-5-4(6)7/h1-4,10H,5-6H2;5H,2-3H2,1H3,(H,6,7). The molecule has 5 heteroatoms. The topological polar surface area (TPSA) is 69.6 Å². The summed E-state index contributed by atoms with van der Waals surface area (Å²) in [6.07, 6.45) is 0.549. The molecule has 0 aromatic heterocycles. The van der Waals surface area contributed by atoms with Crippen molar-refractivity contribution in [2.24, 2.45) is 0 Å². The molecule has 96 valence electrons. The van der Waals surface area contributed by atoms with Crippen LogP contribution in [-0.2, 0) is 6.42 Å². The lowest BCUT2D eigenvalue weighted by Gasteiger charge is -1.98. The van der Waals surface area contributed by atoms with Crippen LogP contribution in [0.4, 0.5) is 4.79 Å². The number of aliphatic hydroxyl groups excluding tert-OH is 1. The molecule has 0 radical (unpaired) electrons. The first-order valence-electron chi connectivity index (χ1n) is 5.42. The molecule has 17 heavy (non-hydrogen) atoms. The molecule has 1 rings (SSSR count). The lowest BCUT2D eigenvalue weighted by molar-refractivity contribution is 0.194. The molecule has 0 atom stereocenters. The van der Waals surface area contributed by atoms with Crippen LogP contribution in [0.5, 0.6) is 0 Å². The van der Waals surface area contributed by atoms with Crippen LogP contribution in [0, 0.1) is 0 Å². The fourth-order valence-electron chi connectivity index (χ4n) is 1.05. The Hall–Kier alpha value is -1.26. The van der Waals surface area contributed by atoms with Crippen molar-refractivity contribution in [3.05, 3.63) is 34.9 Å². The van der Waals surface area contributed by atoms with Crippen LogP contribution in [-0.4, -0.2) is 29.5 Å². The Balaban J connectivity index is 0.000000325. The van der Waals surface area contributed by atoms with E-state index >= 15 is 0 Å². The monoisotopic (exact) mass is 259 g/mol. The molecular weight excluding hydrogens is 242 g/mol. The lowest BCUT2D eigenvalue weighted by Crippen LogP contribution is -2.20. The second-order valence-corrected chi connectivity index (χ2v) is 3.70. The van der Waals surface area contributed by atoms with E-state index in [1.165, 1.54) is 0 Å². The lowest BCUT2D eigenvalue weighted by atomic mass is 10.2. The van der Waals surface area contributed by atoms with E-state index in [0.29, 0.717) is 13.0 Å². The molecule has 0 saturated heterocycles. The number of carboxylic acid groups (broad SMARTS) is 1. The molecule has 0 aliphatic rings. The van der Waals surface area contributed by atoms with Crippen molar-refractivity contribution in [3.8, 4) is 0 Å². The van der Waals surface area contributed by atoms with Crippen LogP contribution in [0.2, 0.25) is 5.02 Å². The summed E-state index contributed by atoms with van der Waals surface area (Å²) in [5.41, 5.74) is 1.01. The molecule has 0 spiro atoms. The van der Waals surface area contributed by atoms with Gasteiger partial charge in [0.05, 0.1) is 0 Å². The molecule has 3 N–H and O–H groups in total. The van der Waals surface area contributed by atoms with Gasteiger partial charge in [0.25, 0.3) is 0 Å². The first kappa shape index (κ1) is 15.7. The van der Waals surface area contributed by atoms with Crippen LogP contribution >= 0.6 is 11.6 Å². The fourth-order valence-corrected chi connectivity index (χ4v) is 1.28. The minimum atomic E-state index is -0.943. The van der Waals surface area contributed by atoms with Gasteiger partial charge in [-0.15, -0.1) is 0 Å². The summed E-state index contributed by atoms with van der Waals surface area (Å²) in [5.74, 6) is 0. The Morgan fingerprint density at radius 1 is 1.41 bits per heavy atom. The van der Waals surface area contributed by atoms with Gasteiger partial charge in [-0.05, 0) is 24.5 Å². The smallest absolute Gasteiger partial charge is 0.404 e. The third-order valence-corrected chi connectivity index (χ3v) is 2.23. The molecule has 1 aromatic carbocycles. The van der Waals surface area contributed by atoms with Gasteiger partial charge in [0, 0.05) is 18.2 Å². The zero-order chi connectivity index (χ0) is 13.1. The van der Waals surface area contributed by atoms with Crippen LogP contribution in [0.15, 0.2) is 24.3 Å². The molecule has 0 saturated carbocycles. The van der Waals surface area contributed by atoms with E-state index in [1.54, 1.807) is 0 Å². The van der Waals surface area contributed by atoms with Crippen molar-refractivity contribution in [1.82, 2.24) is 5.32 Å². The number of hydrogen-bond donors (Lipinski definition) is 3. The Morgan fingerprint density at radius 2 is 2.06 bits per heavy atom. The van der Waals surface area contributed by atoms with Crippen molar-refractivity contribution in [2.45, 2.75) is 19.8 Å². The number of carbonyl (C=O) groups is 1. The van der Waals surface area contributed by atoms with E-state index in [4.69, 9.17) is 21.8 Å². The molecule has 0 bridgehead atoms. The van der Waals surface area contributed by atoms with Gasteiger partial charge < -0.3 is 15.5 Å². The maximum atomic E-state index is 9.65. The maximum absolute atomic E-state index is 9.65. The highest BCUT2D eigenvalue weighted by atomic mass is 35.5. The quantitative estimate of drug-likeness (QED) is 0.778. The van der Waals surface area contributed by atoms with Crippen molar-refractivity contribution < 1.29 is 15.0 Å². The Bertz CT molecular complexity index is 331. The van der Waals surface area contributed by atoms with E-state index in [-0.39, 0.29) is 6.61 Å². The molecule has 0 fully saturated rings. The van der Waals surface area contributed by atoms with Gasteiger partial charge >= 0.3 is 6.09 Å². The van der Waals surface area contributed by atoms with Crippen molar-refractivity contribution >= 4 is 17.7 Å². The third-order valence-electron chi connectivity index (χ3n) is 1.87. The number of nitrogens with one attached hydrogen (secondary N) is 1. The zero-order valence-electron chi connectivity index (χ0n) is 9.82. The van der Waals surface area contributed by atoms with Gasteiger partial charge in [0.15, 0.2) is 0 Å². The normalized spacial score (nSPS) is 9.12. The van der Waals surface area contributed by atoms with Gasteiger partial charge in [-0.2, -0.15) is 0 Å². The van der Waals surface area contributed by atoms with Gasteiger partial charge in [-0.25, -0.2) is 4.79 Å². The summed E-state index contributed by atoms with van der Waals surface area (Å²) in [7, 11) is 0. The van der Waals surface area contributed by atoms with Crippen molar-refractivity contribution in [1.29, 1.82) is 0 Å². The van der Waals surface area contributed by atoms with E-state index < -0.39 is 6.09 Å². The number of hydrogen-bond acceptors (Lipinski definition) is 2. The summed E-state index contributed by atoms with van der Waals surface area (Å²) in [5, 5.41) is 19.5. The molecule has 0 aliphatic carbocycles. The minimum Gasteiger partial charge on any atom is -0.465 e. The number of aliphatic hydroxyl groups is 1. The van der Waals surface area contributed by atoms with Gasteiger partial charge in [-0.1, -0.05) is 36.7 Å². The zero-order valence-corrected chi connectivity index (χ0v) is 10.6. The fraction of sp³-hybridized carbons (Fsp3) is 0.417.